The molecule has 3 rings (SSSR count). The van der Waals surface area contributed by atoms with Gasteiger partial charge in [-0.1, -0.05) is 11.6 Å². The monoisotopic (exact) mass is 337 g/mol. The number of aliphatic carboxylic acids is 1. The number of rotatable bonds is 7. The molecule has 2 fully saturated rings. The van der Waals surface area contributed by atoms with Gasteiger partial charge in [-0.3, -0.25) is 19.5 Å². The summed E-state index contributed by atoms with van der Waals surface area (Å²) in [5.74, 6) is -0.340. The summed E-state index contributed by atoms with van der Waals surface area (Å²) in [4.78, 5) is 29.1. The van der Waals surface area contributed by atoms with Crippen LogP contribution in [0.15, 0.2) is 18.5 Å². The maximum Gasteiger partial charge on any atom is 0.317 e. The van der Waals surface area contributed by atoms with Crippen molar-refractivity contribution in [2.24, 2.45) is 5.92 Å². The van der Waals surface area contributed by atoms with Crippen molar-refractivity contribution in [1.82, 2.24) is 15.2 Å². The molecule has 0 unspecified atom stereocenters. The molecule has 2 aliphatic carbocycles. The van der Waals surface area contributed by atoms with Gasteiger partial charge >= 0.3 is 5.97 Å². The van der Waals surface area contributed by atoms with Crippen molar-refractivity contribution in [2.45, 2.75) is 37.8 Å². The topological polar surface area (TPSA) is 82.5 Å². The van der Waals surface area contributed by atoms with Gasteiger partial charge in [0.25, 0.3) is 5.91 Å². The van der Waals surface area contributed by atoms with E-state index >= 15 is 0 Å². The van der Waals surface area contributed by atoms with Gasteiger partial charge in [0.2, 0.25) is 0 Å². The second-order valence-electron chi connectivity index (χ2n) is 6.42. The predicted octanol–water partition coefficient (Wildman–Crippen LogP) is 1.79. The average Bonchev–Trinajstić information content (AvgIpc) is 3.25. The van der Waals surface area contributed by atoms with Gasteiger partial charge in [0.15, 0.2) is 0 Å². The lowest BCUT2D eigenvalue weighted by molar-refractivity contribution is -0.139. The molecule has 7 heteroatoms. The number of carbonyl (C=O) groups excluding carboxylic acids is 1. The Morgan fingerprint density at radius 2 is 2.13 bits per heavy atom. The molecule has 0 spiro atoms. The van der Waals surface area contributed by atoms with Crippen molar-refractivity contribution in [3.05, 3.63) is 29.0 Å². The molecule has 0 aromatic carbocycles. The molecule has 0 atom stereocenters. The average molecular weight is 338 g/mol. The molecule has 2 aliphatic rings. The van der Waals surface area contributed by atoms with Gasteiger partial charge in [0.05, 0.1) is 17.1 Å². The highest BCUT2D eigenvalue weighted by Crippen LogP contribution is 2.33. The fourth-order valence-corrected chi connectivity index (χ4v) is 3.18. The highest BCUT2D eigenvalue weighted by Gasteiger charge is 2.37. The highest BCUT2D eigenvalue weighted by atomic mass is 35.5. The predicted molar refractivity (Wildman–Crippen MR) is 85.5 cm³/mol. The molecule has 1 amide bonds. The summed E-state index contributed by atoms with van der Waals surface area (Å²) >= 11 is 5.97. The fourth-order valence-electron chi connectivity index (χ4n) is 2.97. The van der Waals surface area contributed by atoms with Gasteiger partial charge in [0, 0.05) is 31.0 Å². The lowest BCUT2D eigenvalue weighted by Gasteiger charge is -2.42. The summed E-state index contributed by atoms with van der Waals surface area (Å²) in [6.07, 6.45) is 6.95. The van der Waals surface area contributed by atoms with Crippen LogP contribution in [-0.2, 0) is 4.79 Å². The van der Waals surface area contributed by atoms with E-state index < -0.39 is 5.97 Å². The van der Waals surface area contributed by atoms with E-state index in [1.54, 1.807) is 6.07 Å². The molecule has 2 saturated carbocycles. The molecule has 1 aromatic rings. The number of amides is 1. The smallest absolute Gasteiger partial charge is 0.317 e. The second-order valence-corrected chi connectivity index (χ2v) is 6.82. The molecule has 124 valence electrons. The number of carboxylic acid groups (broad SMARTS) is 1. The summed E-state index contributed by atoms with van der Waals surface area (Å²) in [7, 11) is 0. The van der Waals surface area contributed by atoms with Gasteiger partial charge in [-0.25, -0.2) is 0 Å². The first-order valence-corrected chi connectivity index (χ1v) is 8.27. The zero-order valence-electron chi connectivity index (χ0n) is 12.7. The van der Waals surface area contributed by atoms with Gasteiger partial charge < -0.3 is 10.4 Å². The van der Waals surface area contributed by atoms with Crippen LogP contribution in [-0.4, -0.2) is 52.0 Å². The number of carbonyl (C=O) groups is 2. The van der Waals surface area contributed by atoms with Gasteiger partial charge in [-0.2, -0.15) is 0 Å². The summed E-state index contributed by atoms with van der Waals surface area (Å²) in [5, 5.41) is 12.3. The van der Waals surface area contributed by atoms with Crippen molar-refractivity contribution in [1.29, 1.82) is 0 Å². The van der Waals surface area contributed by atoms with Crippen molar-refractivity contribution in [3.63, 3.8) is 0 Å². The van der Waals surface area contributed by atoms with E-state index in [4.69, 9.17) is 16.7 Å². The van der Waals surface area contributed by atoms with E-state index in [9.17, 15) is 9.59 Å². The Kier molecular flexibility index (Phi) is 4.82. The number of hydrogen-bond donors (Lipinski definition) is 2. The van der Waals surface area contributed by atoms with Crippen molar-refractivity contribution in [3.8, 4) is 0 Å². The fraction of sp³-hybridized carbons (Fsp3) is 0.562. The lowest BCUT2D eigenvalue weighted by atomic mass is 9.85. The number of nitrogens with zero attached hydrogens (tertiary/aromatic N) is 2. The zero-order valence-corrected chi connectivity index (χ0v) is 13.5. The Hall–Kier alpha value is -1.66. The molecular weight excluding hydrogens is 318 g/mol. The Morgan fingerprint density at radius 3 is 2.74 bits per heavy atom. The molecule has 0 saturated heterocycles. The van der Waals surface area contributed by atoms with Gasteiger partial charge in [-0.05, 0) is 37.7 Å². The summed E-state index contributed by atoms with van der Waals surface area (Å²) in [6, 6.07) is 1.91. The highest BCUT2D eigenvalue weighted by molar-refractivity contribution is 6.33. The number of carboxylic acids is 1. The molecular formula is C16H20ClN3O3. The van der Waals surface area contributed by atoms with Crippen molar-refractivity contribution < 1.29 is 14.7 Å². The minimum absolute atomic E-state index is 0.0761. The quantitative estimate of drug-likeness (QED) is 0.792. The minimum atomic E-state index is -0.790. The molecule has 0 bridgehead atoms. The second kappa shape index (κ2) is 6.84. The van der Waals surface area contributed by atoms with Crippen LogP contribution in [0.5, 0.6) is 0 Å². The van der Waals surface area contributed by atoms with Crippen LogP contribution >= 0.6 is 11.6 Å². The van der Waals surface area contributed by atoms with Crippen LogP contribution in [0.25, 0.3) is 0 Å². The Bertz CT molecular complexity index is 600. The third-order valence-electron chi connectivity index (χ3n) is 4.51. The molecule has 1 heterocycles. The molecule has 1 aromatic heterocycles. The standard InChI is InChI=1S/C16H20ClN3O3/c17-14-7-18-4-3-13(14)16(23)19-11-5-12(6-11)20(9-15(21)22)8-10-1-2-10/h3-4,7,10-12H,1-2,5-6,8-9H2,(H,19,23)(H,21,22). The van der Waals surface area contributed by atoms with E-state index in [2.05, 4.69) is 10.3 Å². The van der Waals surface area contributed by atoms with Crippen LogP contribution in [0, 0.1) is 5.92 Å². The van der Waals surface area contributed by atoms with E-state index in [1.807, 2.05) is 4.90 Å². The summed E-state index contributed by atoms with van der Waals surface area (Å²) in [6.45, 7) is 0.936. The molecule has 0 radical (unpaired) electrons. The minimum Gasteiger partial charge on any atom is -0.480 e. The molecule has 23 heavy (non-hydrogen) atoms. The normalized spacial score (nSPS) is 23.4. The number of nitrogens with one attached hydrogen (secondary N) is 1. The maximum atomic E-state index is 12.2. The summed E-state index contributed by atoms with van der Waals surface area (Å²) < 4.78 is 0. The SMILES string of the molecule is O=C(O)CN(CC1CC1)C1CC(NC(=O)c2ccncc2Cl)C1. The Balaban J connectivity index is 1.50. The zero-order chi connectivity index (χ0) is 16.4. The van der Waals surface area contributed by atoms with Crippen LogP contribution in [0.4, 0.5) is 0 Å². The Labute approximate surface area is 139 Å². The van der Waals surface area contributed by atoms with Gasteiger partial charge in [-0.15, -0.1) is 0 Å². The number of pyridine rings is 1. The third-order valence-corrected chi connectivity index (χ3v) is 4.81. The van der Waals surface area contributed by atoms with Crippen molar-refractivity contribution >= 4 is 23.5 Å². The van der Waals surface area contributed by atoms with Gasteiger partial charge in [0.1, 0.15) is 0 Å². The number of aromatic nitrogens is 1. The molecule has 6 nitrogen and oxygen atoms in total. The van der Waals surface area contributed by atoms with Crippen LogP contribution in [0.2, 0.25) is 5.02 Å². The van der Waals surface area contributed by atoms with E-state index in [-0.39, 0.29) is 24.5 Å². The first-order chi connectivity index (χ1) is 11.0. The van der Waals surface area contributed by atoms with E-state index in [1.165, 1.54) is 25.2 Å². The van der Waals surface area contributed by atoms with E-state index in [0.717, 1.165) is 19.4 Å². The first kappa shape index (κ1) is 16.2. The van der Waals surface area contributed by atoms with Crippen LogP contribution < -0.4 is 5.32 Å². The molecule has 0 aliphatic heterocycles. The Morgan fingerprint density at radius 1 is 1.39 bits per heavy atom. The number of halogens is 1. The molecule has 2 N–H and O–H groups in total. The summed E-state index contributed by atoms with van der Waals surface area (Å²) in [5.41, 5.74) is 0.422. The van der Waals surface area contributed by atoms with Crippen LogP contribution in [0.1, 0.15) is 36.0 Å². The largest absolute Gasteiger partial charge is 0.480 e. The lowest BCUT2D eigenvalue weighted by Crippen LogP contribution is -2.55. The maximum absolute atomic E-state index is 12.2. The van der Waals surface area contributed by atoms with E-state index in [0.29, 0.717) is 16.5 Å². The first-order valence-electron chi connectivity index (χ1n) is 7.89. The van der Waals surface area contributed by atoms with Crippen molar-refractivity contribution in [2.75, 3.05) is 13.1 Å². The number of hydrogen-bond acceptors (Lipinski definition) is 4. The third kappa shape index (κ3) is 4.20. The van der Waals surface area contributed by atoms with Crippen LogP contribution in [0.3, 0.4) is 0 Å².